The van der Waals surface area contributed by atoms with Crippen molar-refractivity contribution in [3.05, 3.63) is 17.3 Å². The standard InChI is InChI=1S/C9H11ClN2O2/c10-6-3-8(11)9(12-4-6)14-7-1-2-13-5-7/h3-4,7H,1-2,5,11H2/t7-/m1/s1. The first-order valence-corrected chi connectivity index (χ1v) is 4.79. The zero-order chi connectivity index (χ0) is 9.97. The van der Waals surface area contributed by atoms with Gasteiger partial charge in [-0.1, -0.05) is 11.6 Å². The number of pyridine rings is 1. The number of hydrogen-bond acceptors (Lipinski definition) is 4. The van der Waals surface area contributed by atoms with Crippen LogP contribution in [0.1, 0.15) is 6.42 Å². The molecule has 0 bridgehead atoms. The molecule has 0 amide bonds. The average molecular weight is 215 g/mol. The normalized spacial score (nSPS) is 21.1. The molecule has 1 aliphatic heterocycles. The number of halogens is 1. The van der Waals surface area contributed by atoms with Crippen molar-refractivity contribution in [2.24, 2.45) is 0 Å². The van der Waals surface area contributed by atoms with E-state index in [2.05, 4.69) is 4.98 Å². The molecule has 2 N–H and O–H groups in total. The molecule has 76 valence electrons. The molecule has 1 aliphatic rings. The van der Waals surface area contributed by atoms with E-state index in [9.17, 15) is 0 Å². The Labute approximate surface area is 87.0 Å². The smallest absolute Gasteiger partial charge is 0.237 e. The van der Waals surface area contributed by atoms with Gasteiger partial charge in [-0.2, -0.15) is 0 Å². The number of nitrogens with two attached hydrogens (primary N) is 1. The highest BCUT2D eigenvalue weighted by Gasteiger charge is 2.18. The Morgan fingerprint density at radius 1 is 1.64 bits per heavy atom. The van der Waals surface area contributed by atoms with E-state index in [4.69, 9.17) is 26.8 Å². The largest absolute Gasteiger partial charge is 0.470 e. The van der Waals surface area contributed by atoms with E-state index in [0.717, 1.165) is 13.0 Å². The van der Waals surface area contributed by atoms with E-state index in [1.807, 2.05) is 0 Å². The van der Waals surface area contributed by atoms with Crippen LogP contribution in [0.15, 0.2) is 12.3 Å². The Balaban J connectivity index is 2.08. The van der Waals surface area contributed by atoms with Crippen LogP contribution in [0.3, 0.4) is 0 Å². The molecule has 0 aliphatic carbocycles. The fourth-order valence-electron chi connectivity index (χ4n) is 1.30. The van der Waals surface area contributed by atoms with Crippen LogP contribution in [0.25, 0.3) is 0 Å². The van der Waals surface area contributed by atoms with Gasteiger partial charge >= 0.3 is 0 Å². The molecule has 0 radical (unpaired) electrons. The van der Waals surface area contributed by atoms with Gasteiger partial charge in [-0.05, 0) is 6.07 Å². The number of rotatable bonds is 2. The maximum Gasteiger partial charge on any atom is 0.237 e. The summed E-state index contributed by atoms with van der Waals surface area (Å²) in [5, 5.41) is 0.512. The molecule has 14 heavy (non-hydrogen) atoms. The second-order valence-corrected chi connectivity index (χ2v) is 3.59. The minimum absolute atomic E-state index is 0.0611. The molecule has 0 aromatic carbocycles. The maximum absolute atomic E-state index is 5.71. The van der Waals surface area contributed by atoms with Crippen LogP contribution in [0.2, 0.25) is 5.02 Å². The van der Waals surface area contributed by atoms with Crippen molar-refractivity contribution >= 4 is 17.3 Å². The Kier molecular flexibility index (Phi) is 2.74. The van der Waals surface area contributed by atoms with Gasteiger partial charge in [0.2, 0.25) is 5.88 Å². The highest BCUT2D eigenvalue weighted by atomic mass is 35.5. The van der Waals surface area contributed by atoms with E-state index >= 15 is 0 Å². The summed E-state index contributed by atoms with van der Waals surface area (Å²) in [6.07, 6.45) is 2.46. The molecule has 1 atom stereocenters. The second kappa shape index (κ2) is 4.02. The van der Waals surface area contributed by atoms with Crippen LogP contribution < -0.4 is 10.5 Å². The Bertz CT molecular complexity index is 327. The molecule has 0 spiro atoms. The van der Waals surface area contributed by atoms with E-state index in [1.165, 1.54) is 6.20 Å². The van der Waals surface area contributed by atoms with Crippen LogP contribution in [-0.2, 0) is 4.74 Å². The summed E-state index contributed by atoms with van der Waals surface area (Å²) in [7, 11) is 0. The molecule has 2 rings (SSSR count). The molecule has 0 unspecified atom stereocenters. The van der Waals surface area contributed by atoms with Crippen LogP contribution >= 0.6 is 11.6 Å². The predicted molar refractivity (Wildman–Crippen MR) is 53.5 cm³/mol. The molecule has 4 nitrogen and oxygen atoms in total. The van der Waals surface area contributed by atoms with Gasteiger partial charge in [-0.15, -0.1) is 0 Å². The van der Waals surface area contributed by atoms with Crippen molar-refractivity contribution in [1.29, 1.82) is 0 Å². The molecule has 1 fully saturated rings. The SMILES string of the molecule is Nc1cc(Cl)cnc1O[C@@H]1CCOC1. The number of ether oxygens (including phenoxy) is 2. The summed E-state index contributed by atoms with van der Waals surface area (Å²) < 4.78 is 10.7. The van der Waals surface area contributed by atoms with E-state index in [0.29, 0.717) is 23.2 Å². The Morgan fingerprint density at radius 3 is 3.14 bits per heavy atom. The first kappa shape index (κ1) is 9.55. The Hall–Kier alpha value is -1.00. The second-order valence-electron chi connectivity index (χ2n) is 3.15. The summed E-state index contributed by atoms with van der Waals surface area (Å²) >= 11 is 5.71. The van der Waals surface area contributed by atoms with Crippen LogP contribution in [-0.4, -0.2) is 24.3 Å². The number of hydrogen-bond donors (Lipinski definition) is 1. The number of nitrogen functional groups attached to an aromatic ring is 1. The quantitative estimate of drug-likeness (QED) is 0.811. The van der Waals surface area contributed by atoms with Gasteiger partial charge in [0.1, 0.15) is 6.10 Å². The minimum atomic E-state index is 0.0611. The van der Waals surface area contributed by atoms with E-state index < -0.39 is 0 Å². The minimum Gasteiger partial charge on any atom is -0.470 e. The van der Waals surface area contributed by atoms with Crippen molar-refractivity contribution in [3.8, 4) is 5.88 Å². The molecule has 0 saturated carbocycles. The van der Waals surface area contributed by atoms with E-state index in [-0.39, 0.29) is 6.10 Å². The molecule has 2 heterocycles. The monoisotopic (exact) mass is 214 g/mol. The van der Waals surface area contributed by atoms with Crippen molar-refractivity contribution in [2.45, 2.75) is 12.5 Å². The lowest BCUT2D eigenvalue weighted by Crippen LogP contribution is -2.17. The van der Waals surface area contributed by atoms with Gasteiger partial charge in [0, 0.05) is 12.6 Å². The van der Waals surface area contributed by atoms with Crippen molar-refractivity contribution in [1.82, 2.24) is 4.98 Å². The zero-order valence-corrected chi connectivity index (χ0v) is 8.33. The zero-order valence-electron chi connectivity index (χ0n) is 7.57. The third-order valence-electron chi connectivity index (χ3n) is 2.01. The van der Waals surface area contributed by atoms with Gasteiger partial charge in [-0.3, -0.25) is 0 Å². The fourth-order valence-corrected chi connectivity index (χ4v) is 1.47. The van der Waals surface area contributed by atoms with Crippen LogP contribution in [0.4, 0.5) is 5.69 Å². The lowest BCUT2D eigenvalue weighted by atomic mass is 10.3. The van der Waals surface area contributed by atoms with Gasteiger partial charge < -0.3 is 15.2 Å². The number of nitrogens with zero attached hydrogens (tertiary/aromatic N) is 1. The molecule has 5 heteroatoms. The number of anilines is 1. The first-order valence-electron chi connectivity index (χ1n) is 4.41. The van der Waals surface area contributed by atoms with Crippen LogP contribution in [0, 0.1) is 0 Å². The maximum atomic E-state index is 5.71. The highest BCUT2D eigenvalue weighted by Crippen LogP contribution is 2.24. The molecule has 1 saturated heterocycles. The molecular weight excluding hydrogens is 204 g/mol. The Morgan fingerprint density at radius 2 is 2.50 bits per heavy atom. The molecule has 1 aromatic heterocycles. The molecular formula is C9H11ClN2O2. The first-order chi connectivity index (χ1) is 6.75. The lowest BCUT2D eigenvalue weighted by Gasteiger charge is -2.12. The number of aromatic nitrogens is 1. The highest BCUT2D eigenvalue weighted by molar-refractivity contribution is 6.30. The summed E-state index contributed by atoms with van der Waals surface area (Å²) in [6, 6.07) is 1.62. The van der Waals surface area contributed by atoms with E-state index in [1.54, 1.807) is 6.07 Å². The summed E-state index contributed by atoms with van der Waals surface area (Å²) in [5.41, 5.74) is 6.15. The summed E-state index contributed by atoms with van der Waals surface area (Å²) in [6.45, 7) is 1.34. The average Bonchev–Trinajstić information content (AvgIpc) is 2.62. The predicted octanol–water partition coefficient (Wildman–Crippen LogP) is 1.48. The van der Waals surface area contributed by atoms with Crippen molar-refractivity contribution in [2.75, 3.05) is 18.9 Å². The summed E-state index contributed by atoms with van der Waals surface area (Å²) in [4.78, 5) is 4.01. The van der Waals surface area contributed by atoms with Crippen LogP contribution in [0.5, 0.6) is 5.88 Å². The van der Waals surface area contributed by atoms with Gasteiger partial charge in [0.05, 0.1) is 23.9 Å². The summed E-state index contributed by atoms with van der Waals surface area (Å²) in [5.74, 6) is 0.435. The van der Waals surface area contributed by atoms with Crippen molar-refractivity contribution < 1.29 is 9.47 Å². The van der Waals surface area contributed by atoms with Gasteiger partial charge in [0.25, 0.3) is 0 Å². The lowest BCUT2D eigenvalue weighted by molar-refractivity contribution is 0.138. The third kappa shape index (κ3) is 2.08. The topological polar surface area (TPSA) is 57.4 Å². The molecule has 1 aromatic rings. The fraction of sp³-hybridized carbons (Fsp3) is 0.444. The van der Waals surface area contributed by atoms with Crippen molar-refractivity contribution in [3.63, 3.8) is 0 Å². The van der Waals surface area contributed by atoms with Gasteiger partial charge in [-0.25, -0.2) is 4.98 Å². The third-order valence-corrected chi connectivity index (χ3v) is 2.22. The van der Waals surface area contributed by atoms with Gasteiger partial charge in [0.15, 0.2) is 0 Å².